The van der Waals surface area contributed by atoms with Crippen molar-refractivity contribution in [3.8, 4) is 11.6 Å². The van der Waals surface area contributed by atoms with Crippen LogP contribution in [-0.2, 0) is 0 Å². The summed E-state index contributed by atoms with van der Waals surface area (Å²) < 4.78 is 5.25. The fourth-order valence-electron chi connectivity index (χ4n) is 1.22. The van der Waals surface area contributed by atoms with Crippen LogP contribution in [0.4, 0.5) is 11.5 Å². The van der Waals surface area contributed by atoms with Crippen molar-refractivity contribution in [2.24, 2.45) is 0 Å². The number of ether oxygens (including phenoxy) is 1. The number of anilines is 1. The Morgan fingerprint density at radius 2 is 2.06 bits per heavy atom. The number of nitrogens with two attached hydrogens (primary N) is 1. The minimum absolute atomic E-state index is 0.0310. The highest BCUT2D eigenvalue weighted by molar-refractivity contribution is 6.30. The van der Waals surface area contributed by atoms with Gasteiger partial charge in [-0.3, -0.25) is 10.1 Å². The molecule has 0 radical (unpaired) electrons. The summed E-state index contributed by atoms with van der Waals surface area (Å²) in [7, 11) is 0. The molecule has 8 heteroatoms. The molecule has 0 aliphatic heterocycles. The Morgan fingerprint density at radius 1 is 1.28 bits per heavy atom. The summed E-state index contributed by atoms with van der Waals surface area (Å²) >= 11 is 5.68. The van der Waals surface area contributed by atoms with Crippen LogP contribution in [0.2, 0.25) is 5.02 Å². The van der Waals surface area contributed by atoms with E-state index in [1.807, 2.05) is 0 Å². The Labute approximate surface area is 106 Å². The monoisotopic (exact) mass is 266 g/mol. The summed E-state index contributed by atoms with van der Waals surface area (Å²) in [5.74, 6) is 0.367. The van der Waals surface area contributed by atoms with E-state index in [1.54, 1.807) is 0 Å². The number of benzene rings is 1. The van der Waals surface area contributed by atoms with Gasteiger partial charge in [-0.25, -0.2) is 0 Å². The van der Waals surface area contributed by atoms with Crippen LogP contribution in [-0.4, -0.2) is 15.1 Å². The normalized spacial score (nSPS) is 10.1. The second-order valence-corrected chi connectivity index (χ2v) is 3.70. The zero-order valence-corrected chi connectivity index (χ0v) is 9.66. The van der Waals surface area contributed by atoms with E-state index in [9.17, 15) is 10.1 Å². The molecule has 2 rings (SSSR count). The van der Waals surface area contributed by atoms with Crippen LogP contribution >= 0.6 is 11.6 Å². The highest BCUT2D eigenvalue weighted by Crippen LogP contribution is 2.32. The lowest BCUT2D eigenvalue weighted by molar-refractivity contribution is -0.385. The lowest BCUT2D eigenvalue weighted by Gasteiger charge is -2.04. The summed E-state index contributed by atoms with van der Waals surface area (Å²) in [6, 6.07) is 7.00. The summed E-state index contributed by atoms with van der Waals surface area (Å²) in [5, 5.41) is 18.3. The molecule has 0 saturated carbocycles. The van der Waals surface area contributed by atoms with Crippen molar-refractivity contribution in [1.82, 2.24) is 10.2 Å². The lowest BCUT2D eigenvalue weighted by atomic mass is 10.3. The van der Waals surface area contributed by atoms with E-state index >= 15 is 0 Å². The molecule has 18 heavy (non-hydrogen) atoms. The largest absolute Gasteiger partial charge is 0.430 e. The number of nitrogens with zero attached hydrogens (tertiary/aromatic N) is 3. The van der Waals surface area contributed by atoms with Crippen LogP contribution in [0.5, 0.6) is 11.6 Å². The fourth-order valence-corrected chi connectivity index (χ4v) is 1.38. The smallest absolute Gasteiger partial charge is 0.313 e. The van der Waals surface area contributed by atoms with Gasteiger partial charge in [0.15, 0.2) is 0 Å². The van der Waals surface area contributed by atoms with Gasteiger partial charge in [0.05, 0.1) is 4.92 Å². The molecule has 1 aromatic heterocycles. The van der Waals surface area contributed by atoms with E-state index in [0.29, 0.717) is 0 Å². The average Bonchev–Trinajstić information content (AvgIpc) is 2.34. The van der Waals surface area contributed by atoms with Crippen molar-refractivity contribution in [2.45, 2.75) is 0 Å². The number of rotatable bonds is 3. The molecule has 2 aromatic rings. The van der Waals surface area contributed by atoms with Crippen molar-refractivity contribution in [3.63, 3.8) is 0 Å². The Balaban J connectivity index is 2.34. The van der Waals surface area contributed by atoms with Gasteiger partial charge in [0.25, 0.3) is 0 Å². The first-order valence-corrected chi connectivity index (χ1v) is 5.15. The van der Waals surface area contributed by atoms with Gasteiger partial charge in [-0.15, -0.1) is 10.2 Å². The third-order valence-electron chi connectivity index (χ3n) is 1.99. The van der Waals surface area contributed by atoms with Crippen molar-refractivity contribution in [1.29, 1.82) is 0 Å². The van der Waals surface area contributed by atoms with Crippen molar-refractivity contribution in [2.75, 3.05) is 5.73 Å². The Bertz CT molecular complexity index is 588. The fraction of sp³-hybridized carbons (Fsp3) is 0. The molecule has 92 valence electrons. The van der Waals surface area contributed by atoms with E-state index < -0.39 is 4.92 Å². The topological polar surface area (TPSA) is 104 Å². The first kappa shape index (κ1) is 12.1. The molecular formula is C10H7ClN4O3. The van der Waals surface area contributed by atoms with Gasteiger partial charge in [0.1, 0.15) is 5.82 Å². The third kappa shape index (κ3) is 2.64. The molecule has 0 aliphatic rings. The molecule has 7 nitrogen and oxygen atoms in total. The van der Waals surface area contributed by atoms with Gasteiger partial charge in [0.2, 0.25) is 11.6 Å². The molecule has 0 fully saturated rings. The molecule has 1 heterocycles. The first-order chi connectivity index (χ1) is 8.56. The first-order valence-electron chi connectivity index (χ1n) is 4.77. The zero-order chi connectivity index (χ0) is 13.1. The van der Waals surface area contributed by atoms with Gasteiger partial charge >= 0.3 is 5.69 Å². The average molecular weight is 267 g/mol. The van der Waals surface area contributed by atoms with Crippen LogP contribution in [0.1, 0.15) is 0 Å². The third-order valence-corrected chi connectivity index (χ3v) is 2.23. The zero-order valence-electron chi connectivity index (χ0n) is 8.91. The van der Waals surface area contributed by atoms with Gasteiger partial charge in [0, 0.05) is 17.2 Å². The predicted octanol–water partition coefficient (Wildman–Crippen LogP) is 2.41. The molecule has 0 unspecified atom stereocenters. The van der Waals surface area contributed by atoms with E-state index in [-0.39, 0.29) is 28.2 Å². The van der Waals surface area contributed by atoms with Crippen LogP contribution in [0.3, 0.4) is 0 Å². The number of hydrogen-bond acceptors (Lipinski definition) is 6. The standard InChI is InChI=1S/C10H7ClN4O3/c11-6-1-2-8(7(5-6)15(16)17)18-10-4-3-9(12)13-14-10/h1-5H,(H2,12,13). The second-order valence-electron chi connectivity index (χ2n) is 3.27. The van der Waals surface area contributed by atoms with E-state index in [0.717, 1.165) is 0 Å². The minimum atomic E-state index is -0.591. The number of nitrogen functional groups attached to an aromatic ring is 1. The number of nitro groups is 1. The number of aromatic nitrogens is 2. The number of hydrogen-bond donors (Lipinski definition) is 1. The van der Waals surface area contributed by atoms with E-state index in [2.05, 4.69) is 10.2 Å². The maximum Gasteiger partial charge on any atom is 0.313 e. The van der Waals surface area contributed by atoms with Crippen molar-refractivity contribution >= 4 is 23.1 Å². The molecule has 0 atom stereocenters. The maximum absolute atomic E-state index is 10.8. The molecule has 2 N–H and O–H groups in total. The Hall–Kier alpha value is -2.41. The summed E-state index contributed by atoms with van der Waals surface area (Å²) in [6.45, 7) is 0. The molecule has 0 saturated heterocycles. The Kier molecular flexibility index (Phi) is 3.24. The van der Waals surface area contributed by atoms with Crippen molar-refractivity contribution < 1.29 is 9.66 Å². The summed E-state index contributed by atoms with van der Waals surface area (Å²) in [5.41, 5.74) is 5.11. The van der Waals surface area contributed by atoms with Gasteiger partial charge < -0.3 is 10.5 Å². The summed E-state index contributed by atoms with van der Waals surface area (Å²) in [6.07, 6.45) is 0. The molecule has 0 aliphatic carbocycles. The number of halogens is 1. The number of nitro benzene ring substituents is 1. The van der Waals surface area contributed by atoms with E-state index in [4.69, 9.17) is 22.1 Å². The highest BCUT2D eigenvalue weighted by Gasteiger charge is 2.16. The molecule has 1 aromatic carbocycles. The quantitative estimate of drug-likeness (QED) is 0.676. The van der Waals surface area contributed by atoms with E-state index in [1.165, 1.54) is 30.3 Å². The van der Waals surface area contributed by atoms with Crippen LogP contribution in [0.25, 0.3) is 0 Å². The second kappa shape index (κ2) is 4.84. The predicted molar refractivity (Wildman–Crippen MR) is 64.6 cm³/mol. The SMILES string of the molecule is Nc1ccc(Oc2ccc(Cl)cc2[N+](=O)[O-])nn1. The lowest BCUT2D eigenvalue weighted by Crippen LogP contribution is -1.97. The van der Waals surface area contributed by atoms with Crippen LogP contribution in [0.15, 0.2) is 30.3 Å². The van der Waals surface area contributed by atoms with Crippen molar-refractivity contribution in [3.05, 3.63) is 45.5 Å². The van der Waals surface area contributed by atoms with Gasteiger partial charge in [-0.1, -0.05) is 11.6 Å². The summed E-state index contributed by atoms with van der Waals surface area (Å²) in [4.78, 5) is 10.2. The Morgan fingerprint density at radius 3 is 2.67 bits per heavy atom. The molecule has 0 amide bonds. The van der Waals surface area contributed by atoms with Crippen LogP contribution in [0, 0.1) is 10.1 Å². The molecular weight excluding hydrogens is 260 g/mol. The minimum Gasteiger partial charge on any atom is -0.430 e. The molecule has 0 bridgehead atoms. The van der Waals surface area contributed by atoms with Crippen LogP contribution < -0.4 is 10.5 Å². The van der Waals surface area contributed by atoms with Gasteiger partial charge in [-0.05, 0) is 18.2 Å². The molecule has 0 spiro atoms. The highest BCUT2D eigenvalue weighted by atomic mass is 35.5. The maximum atomic E-state index is 10.8. The van der Waals surface area contributed by atoms with Gasteiger partial charge in [-0.2, -0.15) is 0 Å².